The van der Waals surface area contributed by atoms with Crippen LogP contribution >= 0.6 is 11.3 Å². The lowest BCUT2D eigenvalue weighted by molar-refractivity contribution is -0.119. The highest BCUT2D eigenvalue weighted by molar-refractivity contribution is 7.19. The van der Waals surface area contributed by atoms with Gasteiger partial charge >= 0.3 is 0 Å². The van der Waals surface area contributed by atoms with E-state index in [0.717, 1.165) is 10.4 Å². The van der Waals surface area contributed by atoms with Gasteiger partial charge in [-0.15, -0.1) is 0 Å². The van der Waals surface area contributed by atoms with Gasteiger partial charge in [-0.3, -0.25) is 14.4 Å². The van der Waals surface area contributed by atoms with Crippen molar-refractivity contribution in [3.63, 3.8) is 0 Å². The lowest BCUT2D eigenvalue weighted by atomic mass is 10.0. The SMILES string of the molecule is CC(=O)c1ccc(-c2cnc(NC(=O)C3CCC(=O)c4cccn43)s2)cc1. The maximum Gasteiger partial charge on any atom is 0.249 e. The molecule has 7 heteroatoms. The molecule has 0 saturated carbocycles. The Bertz CT molecular complexity index is 1030. The summed E-state index contributed by atoms with van der Waals surface area (Å²) >= 11 is 1.37. The number of carbonyl (C=O) groups excluding carboxylic acids is 3. The maximum atomic E-state index is 12.7. The van der Waals surface area contributed by atoms with E-state index in [1.54, 1.807) is 41.2 Å². The van der Waals surface area contributed by atoms with E-state index in [9.17, 15) is 14.4 Å². The van der Waals surface area contributed by atoms with Crippen LogP contribution in [0, 0.1) is 0 Å². The summed E-state index contributed by atoms with van der Waals surface area (Å²) < 4.78 is 1.73. The third-order valence-electron chi connectivity index (χ3n) is 4.66. The number of carbonyl (C=O) groups is 3. The fourth-order valence-electron chi connectivity index (χ4n) is 3.22. The summed E-state index contributed by atoms with van der Waals surface area (Å²) in [5.41, 5.74) is 2.17. The summed E-state index contributed by atoms with van der Waals surface area (Å²) in [6.07, 6.45) is 4.32. The highest BCUT2D eigenvalue weighted by atomic mass is 32.1. The Labute approximate surface area is 159 Å². The molecule has 4 rings (SSSR count). The second kappa shape index (κ2) is 6.92. The van der Waals surface area contributed by atoms with Gasteiger partial charge in [0.15, 0.2) is 16.7 Å². The minimum Gasteiger partial charge on any atom is -0.333 e. The zero-order chi connectivity index (χ0) is 19.0. The molecule has 2 aromatic heterocycles. The first kappa shape index (κ1) is 17.4. The van der Waals surface area contributed by atoms with Crippen molar-refractivity contribution in [2.24, 2.45) is 0 Å². The molecule has 3 aromatic rings. The summed E-state index contributed by atoms with van der Waals surface area (Å²) in [4.78, 5) is 41.2. The number of nitrogens with zero attached hydrogens (tertiary/aromatic N) is 2. The van der Waals surface area contributed by atoms with Crippen molar-refractivity contribution in [2.75, 3.05) is 5.32 Å². The van der Waals surface area contributed by atoms with Gasteiger partial charge in [-0.05, 0) is 31.0 Å². The Morgan fingerprint density at radius 2 is 2.00 bits per heavy atom. The molecule has 1 aliphatic heterocycles. The van der Waals surface area contributed by atoms with E-state index in [4.69, 9.17) is 0 Å². The number of benzene rings is 1. The molecule has 6 nitrogen and oxygen atoms in total. The van der Waals surface area contributed by atoms with Gasteiger partial charge in [0, 0.05) is 24.4 Å². The van der Waals surface area contributed by atoms with E-state index < -0.39 is 6.04 Å². The van der Waals surface area contributed by atoms with Crippen LogP contribution in [0.4, 0.5) is 5.13 Å². The molecule has 1 aliphatic rings. The van der Waals surface area contributed by atoms with Gasteiger partial charge < -0.3 is 9.88 Å². The molecule has 0 fully saturated rings. The predicted octanol–water partition coefficient (Wildman–Crippen LogP) is 3.97. The molecule has 1 amide bonds. The van der Waals surface area contributed by atoms with E-state index >= 15 is 0 Å². The Morgan fingerprint density at radius 3 is 2.74 bits per heavy atom. The van der Waals surface area contributed by atoms with Crippen molar-refractivity contribution >= 4 is 33.9 Å². The highest BCUT2D eigenvalue weighted by Gasteiger charge is 2.29. The summed E-state index contributed by atoms with van der Waals surface area (Å²) in [5.74, 6) is -0.0866. The largest absolute Gasteiger partial charge is 0.333 e. The molecule has 0 spiro atoms. The lowest BCUT2D eigenvalue weighted by Crippen LogP contribution is -2.31. The fourth-order valence-corrected chi connectivity index (χ4v) is 4.04. The van der Waals surface area contributed by atoms with Gasteiger partial charge in [0.2, 0.25) is 5.91 Å². The second-order valence-electron chi connectivity index (χ2n) is 6.43. The van der Waals surface area contributed by atoms with Crippen LogP contribution in [0.3, 0.4) is 0 Å². The molecular weight excluding hydrogens is 362 g/mol. The van der Waals surface area contributed by atoms with Crippen LogP contribution in [-0.4, -0.2) is 27.0 Å². The van der Waals surface area contributed by atoms with Crippen LogP contribution in [0.1, 0.15) is 46.7 Å². The maximum absolute atomic E-state index is 12.7. The number of amides is 1. The number of thiazole rings is 1. The monoisotopic (exact) mass is 379 g/mol. The Balaban J connectivity index is 1.50. The van der Waals surface area contributed by atoms with Gasteiger partial charge in [-0.25, -0.2) is 4.98 Å². The molecule has 1 unspecified atom stereocenters. The number of anilines is 1. The van der Waals surface area contributed by atoms with Gasteiger partial charge in [0.25, 0.3) is 0 Å². The van der Waals surface area contributed by atoms with E-state index in [0.29, 0.717) is 29.2 Å². The van der Waals surface area contributed by atoms with Crippen LogP contribution in [0.2, 0.25) is 0 Å². The van der Waals surface area contributed by atoms with Crippen LogP contribution in [0.5, 0.6) is 0 Å². The number of hydrogen-bond acceptors (Lipinski definition) is 5. The molecule has 0 bridgehead atoms. The summed E-state index contributed by atoms with van der Waals surface area (Å²) in [6.45, 7) is 1.53. The smallest absolute Gasteiger partial charge is 0.249 e. The average Bonchev–Trinajstić information content (AvgIpc) is 3.32. The van der Waals surface area contributed by atoms with E-state index in [1.165, 1.54) is 18.3 Å². The van der Waals surface area contributed by atoms with Gasteiger partial charge in [0.05, 0.1) is 10.6 Å². The molecule has 136 valence electrons. The lowest BCUT2D eigenvalue weighted by Gasteiger charge is -2.24. The molecule has 1 aromatic carbocycles. The molecule has 0 saturated heterocycles. The number of aromatic nitrogens is 2. The van der Waals surface area contributed by atoms with Crippen LogP contribution in [-0.2, 0) is 4.79 Å². The van der Waals surface area contributed by atoms with Crippen molar-refractivity contribution in [1.82, 2.24) is 9.55 Å². The molecular formula is C20H17N3O3S. The first-order valence-corrected chi connectivity index (χ1v) is 9.42. The van der Waals surface area contributed by atoms with Crippen LogP contribution in [0.25, 0.3) is 10.4 Å². The standard InChI is InChI=1S/C20H17N3O3S/c1-12(24)13-4-6-14(7-5-13)18-11-21-20(27-18)22-19(26)16-8-9-17(25)15-3-2-10-23(15)16/h2-7,10-11,16H,8-9H2,1H3,(H,21,22,26). The molecule has 0 radical (unpaired) electrons. The molecule has 0 aliphatic carbocycles. The minimum absolute atomic E-state index is 0.0224. The summed E-state index contributed by atoms with van der Waals surface area (Å²) in [6, 6.07) is 10.4. The normalized spacial score (nSPS) is 16.0. The summed E-state index contributed by atoms with van der Waals surface area (Å²) in [5, 5.41) is 3.37. The number of hydrogen-bond donors (Lipinski definition) is 1. The fraction of sp³-hybridized carbons (Fsp3) is 0.200. The van der Waals surface area contributed by atoms with E-state index in [1.807, 2.05) is 12.1 Å². The zero-order valence-corrected chi connectivity index (χ0v) is 15.5. The zero-order valence-electron chi connectivity index (χ0n) is 14.6. The third-order valence-corrected chi connectivity index (χ3v) is 5.62. The van der Waals surface area contributed by atoms with Crippen molar-refractivity contribution in [1.29, 1.82) is 0 Å². The van der Waals surface area contributed by atoms with Gasteiger partial charge in [-0.1, -0.05) is 35.6 Å². The molecule has 3 heterocycles. The number of ketones is 2. The van der Waals surface area contributed by atoms with Gasteiger partial charge in [-0.2, -0.15) is 0 Å². The van der Waals surface area contributed by atoms with Crippen LogP contribution in [0.15, 0.2) is 48.8 Å². The highest BCUT2D eigenvalue weighted by Crippen LogP contribution is 2.31. The first-order valence-electron chi connectivity index (χ1n) is 8.61. The first-order chi connectivity index (χ1) is 13.0. The number of Topliss-reactive ketones (excluding diaryl/α,β-unsaturated/α-hetero) is 2. The van der Waals surface area contributed by atoms with Gasteiger partial charge in [0.1, 0.15) is 6.04 Å². The number of nitrogens with one attached hydrogen (secondary N) is 1. The summed E-state index contributed by atoms with van der Waals surface area (Å²) in [7, 11) is 0. The van der Waals surface area contributed by atoms with E-state index in [-0.39, 0.29) is 17.5 Å². The average molecular weight is 379 g/mol. The molecule has 1 N–H and O–H groups in total. The topological polar surface area (TPSA) is 81.1 Å². The number of fused-ring (bicyclic) bond motifs is 1. The quantitative estimate of drug-likeness (QED) is 0.696. The van der Waals surface area contributed by atoms with Crippen molar-refractivity contribution in [2.45, 2.75) is 25.8 Å². The van der Waals surface area contributed by atoms with Crippen LogP contribution < -0.4 is 5.32 Å². The second-order valence-corrected chi connectivity index (χ2v) is 7.46. The van der Waals surface area contributed by atoms with Crippen molar-refractivity contribution in [3.8, 4) is 10.4 Å². The Hall–Kier alpha value is -3.06. The van der Waals surface area contributed by atoms with Crippen molar-refractivity contribution in [3.05, 3.63) is 60.0 Å². The Morgan fingerprint density at radius 1 is 1.22 bits per heavy atom. The predicted molar refractivity (Wildman–Crippen MR) is 103 cm³/mol. The molecule has 1 atom stereocenters. The third kappa shape index (κ3) is 3.33. The van der Waals surface area contributed by atoms with E-state index in [2.05, 4.69) is 10.3 Å². The van der Waals surface area contributed by atoms with Crippen molar-refractivity contribution < 1.29 is 14.4 Å². The minimum atomic E-state index is -0.407. The Kier molecular flexibility index (Phi) is 4.45. The molecule has 27 heavy (non-hydrogen) atoms. The number of rotatable bonds is 4.